The number of anilines is 2. The van der Waals surface area contributed by atoms with E-state index in [2.05, 4.69) is 15.2 Å². The average molecular weight is 435 g/mol. The molecule has 1 aliphatic rings. The topological polar surface area (TPSA) is 50.2 Å². The molecule has 0 bridgehead atoms. The molecule has 5 rings (SSSR count). The molecule has 0 radical (unpaired) electrons. The summed E-state index contributed by atoms with van der Waals surface area (Å²) < 4.78 is 15.6. The normalized spacial score (nSPS) is 13.3. The molecule has 31 heavy (non-hydrogen) atoms. The highest BCUT2D eigenvalue weighted by atomic mass is 35.5. The summed E-state index contributed by atoms with van der Waals surface area (Å²) in [4.78, 5) is 19.8. The van der Waals surface area contributed by atoms with Gasteiger partial charge in [0.15, 0.2) is 0 Å². The van der Waals surface area contributed by atoms with Crippen LogP contribution < -0.4 is 10.2 Å². The Morgan fingerprint density at radius 2 is 1.94 bits per heavy atom. The first kappa shape index (κ1) is 19.6. The molecule has 5 nitrogen and oxygen atoms in total. The van der Waals surface area contributed by atoms with Crippen LogP contribution in [0, 0.1) is 5.82 Å². The Morgan fingerprint density at radius 1 is 1.10 bits per heavy atom. The van der Waals surface area contributed by atoms with Gasteiger partial charge in [-0.25, -0.2) is 9.37 Å². The van der Waals surface area contributed by atoms with E-state index in [9.17, 15) is 9.18 Å². The van der Waals surface area contributed by atoms with Crippen LogP contribution in [0.1, 0.15) is 22.5 Å². The van der Waals surface area contributed by atoms with Crippen molar-refractivity contribution in [1.29, 1.82) is 0 Å². The third kappa shape index (κ3) is 3.86. The highest BCUT2D eigenvalue weighted by molar-refractivity contribution is 6.35. The summed E-state index contributed by atoms with van der Waals surface area (Å²) in [7, 11) is 0. The number of carbonyl (C=O) groups is 1. The zero-order valence-corrected chi connectivity index (χ0v) is 17.4. The molecule has 1 amide bonds. The van der Waals surface area contributed by atoms with Gasteiger partial charge >= 0.3 is 0 Å². The fourth-order valence-corrected chi connectivity index (χ4v) is 4.04. The Hall–Kier alpha value is -3.38. The third-order valence-electron chi connectivity index (χ3n) is 5.54. The van der Waals surface area contributed by atoms with Crippen LogP contribution in [0.5, 0.6) is 0 Å². The number of rotatable bonds is 5. The summed E-state index contributed by atoms with van der Waals surface area (Å²) in [5.74, 6) is 0.324. The van der Waals surface area contributed by atoms with Gasteiger partial charge in [0.1, 0.15) is 17.3 Å². The number of fused-ring (bicyclic) bond motifs is 1. The molecular formula is C24H20ClFN4O. The molecule has 1 N–H and O–H groups in total. The van der Waals surface area contributed by atoms with Crippen molar-refractivity contribution in [2.24, 2.45) is 0 Å². The van der Waals surface area contributed by atoms with E-state index in [1.807, 2.05) is 34.9 Å². The van der Waals surface area contributed by atoms with E-state index < -0.39 is 0 Å². The average Bonchev–Trinajstić information content (AvgIpc) is 3.08. The number of benzene rings is 2. The van der Waals surface area contributed by atoms with E-state index in [1.54, 1.807) is 24.4 Å². The Labute approximate surface area is 184 Å². The van der Waals surface area contributed by atoms with Gasteiger partial charge in [0.05, 0.1) is 17.4 Å². The van der Waals surface area contributed by atoms with Gasteiger partial charge in [0, 0.05) is 30.0 Å². The molecule has 0 unspecified atom stereocenters. The smallest absolute Gasteiger partial charge is 0.272 e. The Bertz CT molecular complexity index is 1260. The second-order valence-corrected chi connectivity index (χ2v) is 8.03. The van der Waals surface area contributed by atoms with Crippen LogP contribution in [0.15, 0.2) is 66.9 Å². The van der Waals surface area contributed by atoms with E-state index in [0.717, 1.165) is 35.4 Å². The summed E-state index contributed by atoms with van der Waals surface area (Å²) >= 11 is 6.38. The van der Waals surface area contributed by atoms with Gasteiger partial charge in [-0.1, -0.05) is 29.8 Å². The molecule has 1 aliphatic heterocycles. The summed E-state index contributed by atoms with van der Waals surface area (Å²) in [6.45, 7) is 2.37. The number of carbonyl (C=O) groups excluding carboxylic acids is 1. The first-order valence-electron chi connectivity index (χ1n) is 10.1. The molecular weight excluding hydrogens is 415 g/mol. The SMILES string of the molecule is O=C(Nc1ccc(N2CCC2)nc1)c1cc2c(Cl)cccc2n1Cc1cccc(F)c1. The summed E-state index contributed by atoms with van der Waals surface area (Å²) in [6, 6.07) is 17.4. The number of halogens is 2. The maximum absolute atomic E-state index is 13.7. The Morgan fingerprint density at radius 3 is 2.65 bits per heavy atom. The van der Waals surface area contributed by atoms with Crippen molar-refractivity contribution in [2.45, 2.75) is 13.0 Å². The summed E-state index contributed by atoms with van der Waals surface area (Å²) in [6.07, 6.45) is 2.84. The van der Waals surface area contributed by atoms with Crippen molar-refractivity contribution in [1.82, 2.24) is 9.55 Å². The lowest BCUT2D eigenvalue weighted by Crippen LogP contribution is -2.37. The lowest BCUT2D eigenvalue weighted by Gasteiger charge is -2.31. The van der Waals surface area contributed by atoms with Crippen LogP contribution in [-0.2, 0) is 6.54 Å². The number of amides is 1. The monoisotopic (exact) mass is 434 g/mol. The Balaban J connectivity index is 1.47. The molecule has 1 saturated heterocycles. The van der Waals surface area contributed by atoms with Crippen molar-refractivity contribution in [3.8, 4) is 0 Å². The zero-order valence-electron chi connectivity index (χ0n) is 16.7. The van der Waals surface area contributed by atoms with Crippen LogP contribution in [0.4, 0.5) is 15.9 Å². The molecule has 0 saturated carbocycles. The van der Waals surface area contributed by atoms with Crippen LogP contribution >= 0.6 is 11.6 Å². The number of hydrogen-bond donors (Lipinski definition) is 1. The lowest BCUT2D eigenvalue weighted by molar-refractivity contribution is 0.101. The van der Waals surface area contributed by atoms with E-state index >= 15 is 0 Å². The molecule has 156 valence electrons. The number of pyridine rings is 1. The summed E-state index contributed by atoms with van der Waals surface area (Å²) in [5, 5.41) is 4.26. The van der Waals surface area contributed by atoms with Gasteiger partial charge < -0.3 is 14.8 Å². The fourth-order valence-electron chi connectivity index (χ4n) is 3.81. The predicted octanol–water partition coefficient (Wildman–Crippen LogP) is 5.34. The quantitative estimate of drug-likeness (QED) is 0.461. The van der Waals surface area contributed by atoms with Gasteiger partial charge in [0.25, 0.3) is 5.91 Å². The van der Waals surface area contributed by atoms with E-state index in [4.69, 9.17) is 11.6 Å². The van der Waals surface area contributed by atoms with Crippen molar-refractivity contribution < 1.29 is 9.18 Å². The second-order valence-electron chi connectivity index (χ2n) is 7.62. The first-order valence-corrected chi connectivity index (χ1v) is 10.5. The maximum atomic E-state index is 13.7. The molecule has 7 heteroatoms. The van der Waals surface area contributed by atoms with Crippen molar-refractivity contribution >= 4 is 39.9 Å². The molecule has 4 aromatic rings. The number of nitrogens with one attached hydrogen (secondary N) is 1. The van der Waals surface area contributed by atoms with E-state index in [-0.39, 0.29) is 11.7 Å². The second kappa shape index (κ2) is 8.04. The predicted molar refractivity (Wildman–Crippen MR) is 121 cm³/mol. The first-order chi connectivity index (χ1) is 15.1. The Kier molecular flexibility index (Phi) is 5.08. The molecule has 1 fully saturated rings. The molecule has 0 atom stereocenters. The van der Waals surface area contributed by atoms with Crippen molar-refractivity contribution in [3.05, 3.63) is 89.0 Å². The molecule has 2 aromatic carbocycles. The van der Waals surface area contributed by atoms with Crippen LogP contribution in [-0.4, -0.2) is 28.5 Å². The number of hydrogen-bond acceptors (Lipinski definition) is 3. The molecule has 0 spiro atoms. The van der Waals surface area contributed by atoms with Gasteiger partial charge in [-0.05, 0) is 54.4 Å². The van der Waals surface area contributed by atoms with Crippen LogP contribution in [0.3, 0.4) is 0 Å². The van der Waals surface area contributed by atoms with Gasteiger partial charge in [-0.2, -0.15) is 0 Å². The van der Waals surface area contributed by atoms with Crippen molar-refractivity contribution in [3.63, 3.8) is 0 Å². The van der Waals surface area contributed by atoms with Gasteiger partial charge in [-0.15, -0.1) is 0 Å². The summed E-state index contributed by atoms with van der Waals surface area (Å²) in [5.41, 5.74) is 2.63. The highest BCUT2D eigenvalue weighted by Gasteiger charge is 2.19. The molecule has 0 aliphatic carbocycles. The fraction of sp³-hybridized carbons (Fsp3) is 0.167. The van der Waals surface area contributed by atoms with E-state index in [0.29, 0.717) is 22.9 Å². The minimum Gasteiger partial charge on any atom is -0.356 e. The highest BCUT2D eigenvalue weighted by Crippen LogP contribution is 2.29. The van der Waals surface area contributed by atoms with Gasteiger partial charge in [-0.3, -0.25) is 4.79 Å². The minimum atomic E-state index is -0.314. The maximum Gasteiger partial charge on any atom is 0.272 e. The largest absolute Gasteiger partial charge is 0.356 e. The number of aromatic nitrogens is 2. The standard InChI is InChI=1S/C24H20ClFN4O/c25-20-6-2-7-21-19(20)13-22(30(21)15-16-4-1-5-17(26)12-16)24(31)28-18-8-9-23(27-14-18)29-10-3-11-29/h1-2,4-9,12-14H,3,10-11,15H2,(H,28,31). The molecule has 3 heterocycles. The third-order valence-corrected chi connectivity index (χ3v) is 5.87. The van der Waals surface area contributed by atoms with Crippen LogP contribution in [0.25, 0.3) is 10.9 Å². The lowest BCUT2D eigenvalue weighted by atomic mass is 10.2. The van der Waals surface area contributed by atoms with Gasteiger partial charge in [0.2, 0.25) is 0 Å². The number of nitrogens with zero attached hydrogens (tertiary/aromatic N) is 3. The molecule has 2 aromatic heterocycles. The van der Waals surface area contributed by atoms with E-state index in [1.165, 1.54) is 18.6 Å². The zero-order chi connectivity index (χ0) is 21.4. The minimum absolute atomic E-state index is 0.276. The van der Waals surface area contributed by atoms with Crippen molar-refractivity contribution in [2.75, 3.05) is 23.3 Å². The van der Waals surface area contributed by atoms with Crippen LogP contribution in [0.2, 0.25) is 5.02 Å².